The average molecular weight is 344 g/mol. The molecule has 6 heteroatoms. The maximum absolute atomic E-state index is 5.46. The summed E-state index contributed by atoms with van der Waals surface area (Å²) in [4.78, 5) is 11.1. The first-order valence-electron chi connectivity index (χ1n) is 8.26. The average Bonchev–Trinajstić information content (AvgIpc) is 2.58. The van der Waals surface area contributed by atoms with Gasteiger partial charge in [-0.25, -0.2) is 4.98 Å². The van der Waals surface area contributed by atoms with E-state index in [1.54, 1.807) is 14.2 Å². The molecule has 2 aromatic rings. The van der Waals surface area contributed by atoms with Gasteiger partial charge in [-0.15, -0.1) is 0 Å². The largest absolute Gasteiger partial charge is 0.497 e. The minimum absolute atomic E-state index is 0.0536. The lowest BCUT2D eigenvalue weighted by Gasteiger charge is -2.21. The van der Waals surface area contributed by atoms with Gasteiger partial charge in [0.05, 0.1) is 19.9 Å². The van der Waals surface area contributed by atoms with Crippen molar-refractivity contribution in [2.45, 2.75) is 32.7 Å². The van der Waals surface area contributed by atoms with Crippen LogP contribution in [0.1, 0.15) is 32.0 Å². The minimum Gasteiger partial charge on any atom is -0.497 e. The number of nitrogens with zero attached hydrogens (tertiary/aromatic N) is 3. The molecule has 136 valence electrons. The van der Waals surface area contributed by atoms with Crippen LogP contribution in [0.15, 0.2) is 24.3 Å². The molecule has 0 aliphatic carbocycles. The van der Waals surface area contributed by atoms with Gasteiger partial charge in [0, 0.05) is 43.8 Å². The summed E-state index contributed by atoms with van der Waals surface area (Å²) in [5, 5.41) is 3.38. The van der Waals surface area contributed by atoms with Crippen LogP contribution in [-0.4, -0.2) is 38.3 Å². The molecule has 6 nitrogen and oxygen atoms in total. The fraction of sp³-hybridized carbons (Fsp3) is 0.474. The van der Waals surface area contributed by atoms with Crippen molar-refractivity contribution in [1.82, 2.24) is 9.97 Å². The van der Waals surface area contributed by atoms with E-state index in [-0.39, 0.29) is 5.41 Å². The maximum atomic E-state index is 5.46. The van der Waals surface area contributed by atoms with Crippen molar-refractivity contribution < 1.29 is 9.47 Å². The molecule has 25 heavy (non-hydrogen) atoms. The molecule has 0 amide bonds. The van der Waals surface area contributed by atoms with E-state index >= 15 is 0 Å². The van der Waals surface area contributed by atoms with Gasteiger partial charge >= 0.3 is 0 Å². The standard InChI is InChI=1S/C19H28N4O2/c1-19(2,3)16-11-17(22-18(21-16)23(4)5)20-12-13-8-9-14(24-6)10-15(13)25-7/h8-11H,12H2,1-7H3,(H,20,21,22). The van der Waals surface area contributed by atoms with Gasteiger partial charge in [0.15, 0.2) is 0 Å². The van der Waals surface area contributed by atoms with E-state index in [0.29, 0.717) is 12.5 Å². The third kappa shape index (κ3) is 4.75. The van der Waals surface area contributed by atoms with Crippen molar-refractivity contribution in [2.24, 2.45) is 0 Å². The number of rotatable bonds is 6. The zero-order valence-corrected chi connectivity index (χ0v) is 16.2. The number of hydrogen-bond acceptors (Lipinski definition) is 6. The molecule has 0 fully saturated rings. The Hall–Kier alpha value is -2.50. The van der Waals surface area contributed by atoms with Crippen LogP contribution in [-0.2, 0) is 12.0 Å². The van der Waals surface area contributed by atoms with Gasteiger partial charge < -0.3 is 19.7 Å². The molecule has 1 N–H and O–H groups in total. The van der Waals surface area contributed by atoms with Gasteiger partial charge in [0.2, 0.25) is 5.95 Å². The highest BCUT2D eigenvalue weighted by atomic mass is 16.5. The Kier molecular flexibility index (Phi) is 5.72. The summed E-state index contributed by atoms with van der Waals surface area (Å²) in [6.07, 6.45) is 0. The second-order valence-corrected chi connectivity index (χ2v) is 7.11. The van der Waals surface area contributed by atoms with E-state index < -0.39 is 0 Å². The van der Waals surface area contributed by atoms with Crippen LogP contribution in [0.25, 0.3) is 0 Å². The van der Waals surface area contributed by atoms with Crippen LogP contribution in [0, 0.1) is 0 Å². The number of methoxy groups -OCH3 is 2. The van der Waals surface area contributed by atoms with Crippen LogP contribution < -0.4 is 19.7 Å². The Balaban J connectivity index is 2.27. The van der Waals surface area contributed by atoms with Crippen LogP contribution >= 0.6 is 0 Å². The molecule has 0 spiro atoms. The first-order chi connectivity index (χ1) is 11.7. The fourth-order valence-electron chi connectivity index (χ4n) is 2.29. The lowest BCUT2D eigenvalue weighted by Crippen LogP contribution is -2.20. The molecule has 0 unspecified atom stereocenters. The summed E-state index contributed by atoms with van der Waals surface area (Å²) >= 11 is 0. The summed E-state index contributed by atoms with van der Waals surface area (Å²) in [7, 11) is 7.19. The minimum atomic E-state index is -0.0536. The molecule has 0 atom stereocenters. The monoisotopic (exact) mass is 344 g/mol. The number of aromatic nitrogens is 2. The van der Waals surface area contributed by atoms with E-state index in [1.165, 1.54) is 0 Å². The Morgan fingerprint density at radius 1 is 1.04 bits per heavy atom. The van der Waals surface area contributed by atoms with Gasteiger partial charge in [-0.3, -0.25) is 0 Å². The fourth-order valence-corrected chi connectivity index (χ4v) is 2.29. The predicted molar refractivity (Wildman–Crippen MR) is 102 cm³/mol. The quantitative estimate of drug-likeness (QED) is 0.866. The normalized spacial score (nSPS) is 11.2. The van der Waals surface area contributed by atoms with Crippen molar-refractivity contribution in [3.05, 3.63) is 35.5 Å². The highest BCUT2D eigenvalue weighted by molar-refractivity contribution is 5.47. The smallest absolute Gasteiger partial charge is 0.227 e. The van der Waals surface area contributed by atoms with E-state index in [1.807, 2.05) is 43.3 Å². The van der Waals surface area contributed by atoms with Gasteiger partial charge in [-0.1, -0.05) is 20.8 Å². The van der Waals surface area contributed by atoms with Crippen LogP contribution in [0.4, 0.5) is 11.8 Å². The molecule has 0 aliphatic heterocycles. The number of ether oxygens (including phenoxy) is 2. The number of hydrogen-bond donors (Lipinski definition) is 1. The van der Waals surface area contributed by atoms with Crippen molar-refractivity contribution >= 4 is 11.8 Å². The second kappa shape index (κ2) is 7.59. The third-order valence-electron chi connectivity index (χ3n) is 3.84. The summed E-state index contributed by atoms with van der Waals surface area (Å²) in [5.41, 5.74) is 1.98. The first kappa shape index (κ1) is 18.8. The Bertz CT molecular complexity index is 724. The lowest BCUT2D eigenvalue weighted by molar-refractivity contribution is 0.391. The molecule has 0 aliphatic rings. The predicted octanol–water partition coefficient (Wildman–Crippen LogP) is 3.47. The first-order valence-corrected chi connectivity index (χ1v) is 8.26. The maximum Gasteiger partial charge on any atom is 0.227 e. The van der Waals surface area contributed by atoms with Gasteiger partial charge in [-0.2, -0.15) is 4.98 Å². The Morgan fingerprint density at radius 2 is 1.76 bits per heavy atom. The van der Waals surface area contributed by atoms with Crippen LogP contribution in [0.2, 0.25) is 0 Å². The molecule has 1 heterocycles. The highest BCUT2D eigenvalue weighted by Gasteiger charge is 2.18. The van der Waals surface area contributed by atoms with Gasteiger partial charge in [0.25, 0.3) is 0 Å². The molecule has 1 aromatic carbocycles. The van der Waals surface area contributed by atoms with E-state index in [0.717, 1.165) is 28.6 Å². The van der Waals surface area contributed by atoms with E-state index in [4.69, 9.17) is 9.47 Å². The van der Waals surface area contributed by atoms with Crippen molar-refractivity contribution in [1.29, 1.82) is 0 Å². The lowest BCUT2D eigenvalue weighted by atomic mass is 9.92. The van der Waals surface area contributed by atoms with E-state index in [9.17, 15) is 0 Å². The van der Waals surface area contributed by atoms with Crippen molar-refractivity contribution in [3.63, 3.8) is 0 Å². The van der Waals surface area contributed by atoms with Gasteiger partial charge in [0.1, 0.15) is 17.3 Å². The molecule has 1 aromatic heterocycles. The molecule has 0 saturated heterocycles. The SMILES string of the molecule is COc1ccc(CNc2cc(C(C)(C)C)nc(N(C)C)n2)c(OC)c1. The molecule has 2 rings (SSSR count). The number of benzene rings is 1. The number of nitrogens with one attached hydrogen (secondary N) is 1. The zero-order valence-electron chi connectivity index (χ0n) is 16.2. The van der Waals surface area contributed by atoms with Crippen molar-refractivity contribution in [2.75, 3.05) is 38.5 Å². The molecule has 0 saturated carbocycles. The summed E-state index contributed by atoms with van der Waals surface area (Å²) in [6, 6.07) is 7.79. The number of anilines is 2. The zero-order chi connectivity index (χ0) is 18.6. The summed E-state index contributed by atoms with van der Waals surface area (Å²) < 4.78 is 10.7. The molecular formula is C19H28N4O2. The molecule has 0 radical (unpaired) electrons. The van der Waals surface area contributed by atoms with Crippen LogP contribution in [0.3, 0.4) is 0 Å². The third-order valence-corrected chi connectivity index (χ3v) is 3.84. The van der Waals surface area contributed by atoms with E-state index in [2.05, 4.69) is 36.1 Å². The van der Waals surface area contributed by atoms with Gasteiger partial charge in [-0.05, 0) is 12.1 Å². The second-order valence-electron chi connectivity index (χ2n) is 7.11. The Labute approximate surface area is 150 Å². The highest BCUT2D eigenvalue weighted by Crippen LogP contribution is 2.27. The Morgan fingerprint density at radius 3 is 2.32 bits per heavy atom. The molecule has 0 bridgehead atoms. The summed E-state index contributed by atoms with van der Waals surface area (Å²) in [5.74, 6) is 3.04. The summed E-state index contributed by atoms with van der Waals surface area (Å²) in [6.45, 7) is 7.03. The van der Waals surface area contributed by atoms with Crippen molar-refractivity contribution in [3.8, 4) is 11.5 Å². The molecular weight excluding hydrogens is 316 g/mol. The topological polar surface area (TPSA) is 59.5 Å². The van der Waals surface area contributed by atoms with Crippen LogP contribution in [0.5, 0.6) is 11.5 Å².